The van der Waals surface area contributed by atoms with E-state index in [2.05, 4.69) is 6.58 Å². The quantitative estimate of drug-likeness (QED) is 0.241. The highest BCUT2D eigenvalue weighted by molar-refractivity contribution is 5.92. The Kier molecular flexibility index (Phi) is 4.70. The molecule has 1 saturated carbocycles. The van der Waals surface area contributed by atoms with Crippen molar-refractivity contribution in [3.8, 4) is 0 Å². The van der Waals surface area contributed by atoms with Gasteiger partial charge in [0.05, 0.1) is 18.4 Å². The van der Waals surface area contributed by atoms with Gasteiger partial charge in [-0.1, -0.05) is 12.7 Å². The molecule has 2 aliphatic heterocycles. The molecule has 7 atom stereocenters. The van der Waals surface area contributed by atoms with E-state index in [4.69, 9.17) is 18.9 Å². The van der Waals surface area contributed by atoms with E-state index in [1.54, 1.807) is 32.9 Å². The van der Waals surface area contributed by atoms with Crippen LogP contribution in [0.3, 0.4) is 0 Å². The molecule has 0 radical (unpaired) electrons. The SMILES string of the molecule is C=C1C(=O)OC2[C@H]1[C@H](OC(=O)/C(C)=C\C)C[C@]1(CO1)[C@@H]1[C@H](OC(C)=O)C=C(C)[C@]21O. The molecule has 0 aromatic carbocycles. The molecular weight excluding hydrogens is 392 g/mol. The van der Waals surface area contributed by atoms with Gasteiger partial charge in [0, 0.05) is 24.5 Å². The Hall–Kier alpha value is -2.45. The standard InChI is InChI=1S/C22H26O8/c1-6-10(2)19(24)29-15-8-21(9-27-21)17-14(28-13(5)23)7-11(3)22(17,26)18-16(15)12(4)20(25)30-18/h6-7,14-18,26H,4,8-9H2,1-3,5H3/b10-6-/t14-,15-,16-,17+,18?,21+,22-/m1/s1. The largest absolute Gasteiger partial charge is 0.458 e. The molecule has 4 aliphatic rings. The van der Waals surface area contributed by atoms with Crippen molar-refractivity contribution in [1.29, 1.82) is 0 Å². The smallest absolute Gasteiger partial charge is 0.334 e. The van der Waals surface area contributed by atoms with Crippen LogP contribution in [0.25, 0.3) is 0 Å². The van der Waals surface area contributed by atoms with Gasteiger partial charge in [-0.05, 0) is 32.4 Å². The van der Waals surface area contributed by atoms with Crippen LogP contribution >= 0.6 is 0 Å². The minimum absolute atomic E-state index is 0.143. The van der Waals surface area contributed by atoms with E-state index in [-0.39, 0.29) is 12.0 Å². The van der Waals surface area contributed by atoms with Crippen LogP contribution in [-0.2, 0) is 33.3 Å². The van der Waals surface area contributed by atoms with Crippen LogP contribution in [-0.4, -0.2) is 59.1 Å². The Bertz CT molecular complexity index is 895. The second kappa shape index (κ2) is 6.78. The monoisotopic (exact) mass is 418 g/mol. The average molecular weight is 418 g/mol. The number of epoxide rings is 1. The molecule has 2 saturated heterocycles. The zero-order chi connectivity index (χ0) is 22.0. The van der Waals surface area contributed by atoms with Crippen LogP contribution in [0.1, 0.15) is 34.1 Å². The van der Waals surface area contributed by atoms with Gasteiger partial charge in [0.1, 0.15) is 29.5 Å². The zero-order valence-electron chi connectivity index (χ0n) is 17.5. The Labute approximate surface area is 174 Å². The van der Waals surface area contributed by atoms with Gasteiger partial charge < -0.3 is 24.1 Å². The molecule has 2 aliphatic carbocycles. The van der Waals surface area contributed by atoms with E-state index < -0.39 is 59.3 Å². The Morgan fingerprint density at radius 2 is 2.00 bits per heavy atom. The molecule has 2 heterocycles. The van der Waals surface area contributed by atoms with Crippen molar-refractivity contribution < 1.29 is 38.4 Å². The third-order valence-electron chi connectivity index (χ3n) is 6.85. The fourth-order valence-corrected chi connectivity index (χ4v) is 5.18. The summed E-state index contributed by atoms with van der Waals surface area (Å²) in [5.74, 6) is -3.11. The molecule has 1 spiro atoms. The fraction of sp³-hybridized carbons (Fsp3) is 0.591. The van der Waals surface area contributed by atoms with Gasteiger partial charge in [-0.3, -0.25) is 4.79 Å². The van der Waals surface area contributed by atoms with Gasteiger partial charge in [0.2, 0.25) is 0 Å². The molecule has 162 valence electrons. The Morgan fingerprint density at radius 1 is 1.33 bits per heavy atom. The molecule has 0 amide bonds. The molecule has 8 nitrogen and oxygen atoms in total. The van der Waals surface area contributed by atoms with Gasteiger partial charge in [-0.2, -0.15) is 0 Å². The first-order chi connectivity index (χ1) is 14.0. The number of allylic oxidation sites excluding steroid dienone is 1. The van der Waals surface area contributed by atoms with Gasteiger partial charge in [0.25, 0.3) is 0 Å². The predicted octanol–water partition coefficient (Wildman–Crippen LogP) is 1.37. The van der Waals surface area contributed by atoms with Crippen molar-refractivity contribution in [2.24, 2.45) is 11.8 Å². The predicted molar refractivity (Wildman–Crippen MR) is 103 cm³/mol. The lowest BCUT2D eigenvalue weighted by Gasteiger charge is -2.39. The second-order valence-corrected chi connectivity index (χ2v) is 8.58. The normalized spacial score (nSPS) is 42.1. The highest BCUT2D eigenvalue weighted by Crippen LogP contribution is 2.60. The van der Waals surface area contributed by atoms with Gasteiger partial charge >= 0.3 is 17.9 Å². The van der Waals surface area contributed by atoms with Crippen molar-refractivity contribution in [2.75, 3.05) is 6.61 Å². The first kappa shape index (κ1) is 20.8. The summed E-state index contributed by atoms with van der Waals surface area (Å²) in [5.41, 5.74) is -1.44. The maximum atomic E-state index is 12.5. The van der Waals surface area contributed by atoms with E-state index in [1.165, 1.54) is 6.92 Å². The van der Waals surface area contributed by atoms with Crippen LogP contribution in [0.2, 0.25) is 0 Å². The first-order valence-corrected chi connectivity index (χ1v) is 10.0. The molecule has 8 heteroatoms. The molecule has 0 aromatic heterocycles. The molecule has 30 heavy (non-hydrogen) atoms. The van der Waals surface area contributed by atoms with Crippen LogP contribution in [0.5, 0.6) is 0 Å². The molecule has 3 fully saturated rings. The number of hydrogen-bond acceptors (Lipinski definition) is 8. The number of esters is 3. The third kappa shape index (κ3) is 2.85. The van der Waals surface area contributed by atoms with E-state index in [9.17, 15) is 19.5 Å². The maximum absolute atomic E-state index is 12.5. The summed E-state index contributed by atoms with van der Waals surface area (Å²) in [6.45, 7) is 10.5. The van der Waals surface area contributed by atoms with Crippen molar-refractivity contribution in [2.45, 2.75) is 63.6 Å². The summed E-state index contributed by atoms with van der Waals surface area (Å²) in [4.78, 5) is 36.7. The van der Waals surface area contributed by atoms with Gasteiger partial charge in [-0.25, -0.2) is 9.59 Å². The van der Waals surface area contributed by atoms with Crippen LogP contribution in [0.4, 0.5) is 0 Å². The highest BCUT2D eigenvalue weighted by Gasteiger charge is 2.74. The summed E-state index contributed by atoms with van der Waals surface area (Å²) in [6, 6.07) is 0. The molecule has 1 N–H and O–H groups in total. The Morgan fingerprint density at radius 3 is 2.57 bits per heavy atom. The van der Waals surface area contributed by atoms with E-state index in [0.29, 0.717) is 17.8 Å². The number of carbonyl (C=O) groups is 3. The number of carbonyl (C=O) groups excluding carboxylic acids is 3. The van der Waals surface area contributed by atoms with Crippen molar-refractivity contribution in [3.05, 3.63) is 35.5 Å². The maximum Gasteiger partial charge on any atom is 0.334 e. The highest BCUT2D eigenvalue weighted by atomic mass is 16.6. The number of aliphatic hydroxyl groups is 1. The van der Waals surface area contributed by atoms with Gasteiger partial charge in [0.15, 0.2) is 0 Å². The minimum Gasteiger partial charge on any atom is -0.458 e. The fourth-order valence-electron chi connectivity index (χ4n) is 5.18. The van der Waals surface area contributed by atoms with Crippen molar-refractivity contribution in [1.82, 2.24) is 0 Å². The molecule has 0 bridgehead atoms. The van der Waals surface area contributed by atoms with E-state index in [1.807, 2.05) is 0 Å². The number of ether oxygens (including phenoxy) is 4. The summed E-state index contributed by atoms with van der Waals surface area (Å²) in [6.07, 6.45) is 0.952. The van der Waals surface area contributed by atoms with Crippen molar-refractivity contribution in [3.63, 3.8) is 0 Å². The number of fused-ring (bicyclic) bond motifs is 4. The van der Waals surface area contributed by atoms with Crippen LogP contribution in [0.15, 0.2) is 35.5 Å². The number of hydrogen-bond donors (Lipinski definition) is 1. The summed E-state index contributed by atoms with van der Waals surface area (Å²) < 4.78 is 22.7. The Balaban J connectivity index is 1.80. The molecule has 0 aromatic rings. The van der Waals surface area contributed by atoms with Crippen LogP contribution < -0.4 is 0 Å². The number of rotatable bonds is 3. The lowest BCUT2D eigenvalue weighted by molar-refractivity contribution is -0.169. The molecular formula is C22H26O8. The lowest BCUT2D eigenvalue weighted by atomic mass is 9.73. The molecule has 1 unspecified atom stereocenters. The minimum atomic E-state index is -1.65. The second-order valence-electron chi connectivity index (χ2n) is 8.58. The summed E-state index contributed by atoms with van der Waals surface area (Å²) in [5, 5.41) is 11.9. The average Bonchev–Trinajstić information content (AvgIpc) is 3.31. The van der Waals surface area contributed by atoms with E-state index >= 15 is 0 Å². The lowest BCUT2D eigenvalue weighted by Crippen LogP contribution is -2.56. The molecule has 4 rings (SSSR count). The summed E-state index contributed by atoms with van der Waals surface area (Å²) in [7, 11) is 0. The topological polar surface area (TPSA) is 112 Å². The van der Waals surface area contributed by atoms with Gasteiger partial charge in [-0.15, -0.1) is 0 Å². The third-order valence-corrected chi connectivity index (χ3v) is 6.85. The zero-order valence-corrected chi connectivity index (χ0v) is 17.5. The van der Waals surface area contributed by atoms with Crippen molar-refractivity contribution >= 4 is 17.9 Å². The first-order valence-electron chi connectivity index (χ1n) is 10.0. The van der Waals surface area contributed by atoms with E-state index in [0.717, 1.165) is 0 Å². The van der Waals surface area contributed by atoms with Crippen LogP contribution in [0, 0.1) is 11.8 Å². The summed E-state index contributed by atoms with van der Waals surface area (Å²) >= 11 is 0.